The number of hydrogen-bond donors (Lipinski definition) is 0. The van der Waals surface area contributed by atoms with Crippen molar-refractivity contribution in [2.45, 2.75) is 63.6 Å². The van der Waals surface area contributed by atoms with Gasteiger partial charge in [0.15, 0.2) is 5.71 Å². The second kappa shape index (κ2) is 9.90. The van der Waals surface area contributed by atoms with E-state index < -0.39 is 51.6 Å². The maximum atomic E-state index is 14.3. The van der Waals surface area contributed by atoms with Gasteiger partial charge in [-0.1, -0.05) is 0 Å². The summed E-state index contributed by atoms with van der Waals surface area (Å²) < 4.78 is 109. The van der Waals surface area contributed by atoms with Gasteiger partial charge in [0, 0.05) is 18.1 Å². The van der Waals surface area contributed by atoms with E-state index in [1.807, 2.05) is 0 Å². The van der Waals surface area contributed by atoms with Crippen LogP contribution < -0.4 is 4.74 Å². The Bertz CT molecular complexity index is 737. The Kier molecular flexibility index (Phi) is 8.67. The quantitative estimate of drug-likeness (QED) is 0.272. The molecule has 1 aromatic carbocycles. The van der Waals surface area contributed by atoms with E-state index in [0.717, 1.165) is 18.2 Å². The second-order valence-electron chi connectivity index (χ2n) is 7.22. The first-order valence-electron chi connectivity index (χ1n) is 8.68. The van der Waals surface area contributed by atoms with Crippen LogP contribution in [0.1, 0.15) is 52.0 Å². The molecule has 0 radical (unpaired) electrons. The van der Waals surface area contributed by atoms with Gasteiger partial charge in [-0.25, -0.2) is 8.60 Å². The van der Waals surface area contributed by atoms with Crippen molar-refractivity contribution < 1.29 is 39.7 Å². The van der Waals surface area contributed by atoms with Crippen molar-refractivity contribution in [3.8, 4) is 5.75 Å². The van der Waals surface area contributed by atoms with Crippen molar-refractivity contribution in [1.29, 1.82) is 0 Å². The number of ether oxygens (including phenoxy) is 1. The van der Waals surface area contributed by atoms with Crippen molar-refractivity contribution in [3.05, 3.63) is 29.6 Å². The van der Waals surface area contributed by atoms with Crippen LogP contribution in [0.2, 0.25) is 0 Å². The van der Waals surface area contributed by atoms with E-state index in [1.165, 1.54) is 20.8 Å². The zero-order chi connectivity index (χ0) is 22.5. The lowest BCUT2D eigenvalue weighted by Crippen LogP contribution is -2.29. The molecule has 11 heteroatoms. The molecule has 0 amide bonds. The summed E-state index contributed by atoms with van der Waals surface area (Å²) in [5.74, 6) is -1.33. The van der Waals surface area contributed by atoms with Crippen molar-refractivity contribution in [3.63, 3.8) is 0 Å². The fourth-order valence-corrected chi connectivity index (χ4v) is 2.69. The van der Waals surface area contributed by atoms with Crippen molar-refractivity contribution in [2.24, 2.45) is 4.40 Å². The Balaban J connectivity index is 2.84. The van der Waals surface area contributed by atoms with Crippen LogP contribution in [0.5, 0.6) is 5.75 Å². The van der Waals surface area contributed by atoms with Gasteiger partial charge in [-0.05, 0) is 52.2 Å². The first-order valence-corrected chi connectivity index (χ1v) is 9.79. The lowest BCUT2D eigenvalue weighted by Gasteiger charge is -2.17. The van der Waals surface area contributed by atoms with Crippen molar-refractivity contribution in [2.75, 3.05) is 6.61 Å². The number of nitrogens with zero attached hydrogens (tertiary/aromatic N) is 1. The van der Waals surface area contributed by atoms with E-state index >= 15 is 0 Å². The van der Waals surface area contributed by atoms with E-state index in [4.69, 9.17) is 4.74 Å². The van der Waals surface area contributed by atoms with E-state index in [0.29, 0.717) is 0 Å². The molecule has 0 saturated carbocycles. The molecule has 0 unspecified atom stereocenters. The fourth-order valence-electron chi connectivity index (χ4n) is 2.05. The smallest absolute Gasteiger partial charge is 0.434 e. The fraction of sp³-hybridized carbons (Fsp3) is 0.611. The Morgan fingerprint density at radius 1 is 1.03 bits per heavy atom. The maximum Gasteiger partial charge on any atom is 0.434 e. The highest BCUT2D eigenvalue weighted by molar-refractivity contribution is 7.85. The molecule has 0 spiro atoms. The summed E-state index contributed by atoms with van der Waals surface area (Å²) in [6, 6.07) is 2.64. The molecule has 1 atom stereocenters. The monoisotopic (exact) mass is 449 g/mol. The third-order valence-corrected chi connectivity index (χ3v) is 4.93. The summed E-state index contributed by atoms with van der Waals surface area (Å²) in [5.41, 5.74) is -2.46. The number of hydrogen-bond acceptors (Lipinski definition) is 2. The van der Waals surface area contributed by atoms with Crippen molar-refractivity contribution >= 4 is 16.7 Å². The van der Waals surface area contributed by atoms with E-state index in [-0.39, 0.29) is 31.6 Å². The topological polar surface area (TPSA) is 38.7 Å². The maximum absolute atomic E-state index is 14.3. The third-order valence-electron chi connectivity index (χ3n) is 3.54. The highest BCUT2D eigenvalue weighted by Crippen LogP contribution is 2.28. The van der Waals surface area contributed by atoms with Crippen LogP contribution in [-0.4, -0.2) is 33.6 Å². The van der Waals surface area contributed by atoms with Crippen LogP contribution in [0.25, 0.3) is 0 Å². The Hall–Kier alpha value is -1.65. The summed E-state index contributed by atoms with van der Waals surface area (Å²) in [6.07, 6.45) is -9.72. The van der Waals surface area contributed by atoms with Crippen LogP contribution in [0.15, 0.2) is 22.6 Å². The molecule has 166 valence electrons. The van der Waals surface area contributed by atoms with Gasteiger partial charge >= 0.3 is 12.4 Å². The average molecular weight is 449 g/mol. The van der Waals surface area contributed by atoms with E-state index in [2.05, 4.69) is 4.40 Å². The van der Waals surface area contributed by atoms with Gasteiger partial charge in [-0.15, -0.1) is 0 Å². The number of unbranched alkanes of at least 4 members (excludes halogenated alkanes) is 2. The molecule has 0 aliphatic heterocycles. The highest BCUT2D eigenvalue weighted by atomic mass is 32.2. The minimum absolute atomic E-state index is 0.00903. The van der Waals surface area contributed by atoms with Crippen LogP contribution in [-0.2, 0) is 11.0 Å². The number of benzene rings is 1. The summed E-state index contributed by atoms with van der Waals surface area (Å²) in [5, 5.41) is 0. The third kappa shape index (κ3) is 9.14. The van der Waals surface area contributed by atoms with E-state index in [9.17, 15) is 34.9 Å². The summed E-state index contributed by atoms with van der Waals surface area (Å²) in [4.78, 5) is 0. The zero-order valence-corrected chi connectivity index (χ0v) is 16.9. The Morgan fingerprint density at radius 2 is 1.66 bits per heavy atom. The van der Waals surface area contributed by atoms with Gasteiger partial charge in [0.25, 0.3) is 0 Å². The van der Waals surface area contributed by atoms with Gasteiger partial charge < -0.3 is 4.74 Å². The molecule has 0 aliphatic carbocycles. The molecule has 29 heavy (non-hydrogen) atoms. The molecule has 0 N–H and O–H groups in total. The molecule has 3 nitrogen and oxygen atoms in total. The molecule has 1 aromatic rings. The van der Waals surface area contributed by atoms with Gasteiger partial charge in [-0.3, -0.25) is 0 Å². The largest absolute Gasteiger partial charge is 0.493 e. The lowest BCUT2D eigenvalue weighted by atomic mass is 10.1. The van der Waals surface area contributed by atoms with Gasteiger partial charge in [0.2, 0.25) is 0 Å². The Labute approximate surface area is 166 Å². The number of rotatable bonds is 8. The van der Waals surface area contributed by atoms with Gasteiger partial charge in [-0.2, -0.15) is 30.7 Å². The minimum atomic E-state index is -5.03. The van der Waals surface area contributed by atoms with Crippen LogP contribution in [0.4, 0.5) is 30.7 Å². The van der Waals surface area contributed by atoms with Gasteiger partial charge in [0.1, 0.15) is 22.6 Å². The van der Waals surface area contributed by atoms with Crippen LogP contribution in [0.3, 0.4) is 0 Å². The normalized spacial score (nSPS) is 14.8. The van der Waals surface area contributed by atoms with Crippen LogP contribution >= 0.6 is 0 Å². The molecular formula is C18H22F7NO2S. The molecular weight excluding hydrogens is 427 g/mol. The van der Waals surface area contributed by atoms with Crippen molar-refractivity contribution in [1.82, 2.24) is 0 Å². The average Bonchev–Trinajstić information content (AvgIpc) is 2.53. The molecule has 0 aliphatic rings. The zero-order valence-electron chi connectivity index (χ0n) is 16.1. The molecule has 0 heterocycles. The molecule has 0 saturated heterocycles. The predicted molar refractivity (Wildman–Crippen MR) is 96.9 cm³/mol. The van der Waals surface area contributed by atoms with E-state index in [1.54, 1.807) is 0 Å². The minimum Gasteiger partial charge on any atom is -0.493 e. The second-order valence-corrected chi connectivity index (χ2v) is 9.12. The lowest BCUT2D eigenvalue weighted by molar-refractivity contribution is -0.135. The number of alkyl halides is 6. The first-order chi connectivity index (χ1) is 13.1. The first kappa shape index (κ1) is 25.4. The summed E-state index contributed by atoms with van der Waals surface area (Å²) >= 11 is 0. The molecule has 0 fully saturated rings. The molecule has 0 aromatic heterocycles. The standard InChI is InChI=1S/C18H22F7NO2S/c1-16(2,3)29(27)26-15(18(23,24)25)13-8-7-12(11-14(13)19)28-10-6-4-5-9-17(20,21)22/h7-8,11H,4-6,9-10H2,1-3H3/b26-15+/t29-/m0/s1. The Morgan fingerprint density at radius 3 is 2.14 bits per heavy atom. The molecule has 0 bridgehead atoms. The SMILES string of the molecule is CC(C)(C)[S@](=O)/N=C(\c1ccc(OCCCCCC(F)(F)F)cc1F)C(F)(F)F. The van der Waals surface area contributed by atoms with Crippen LogP contribution in [0, 0.1) is 5.82 Å². The number of halogens is 7. The predicted octanol–water partition coefficient (Wildman–Crippen LogP) is 6.14. The summed E-state index contributed by atoms with van der Waals surface area (Å²) in [7, 11) is -2.25. The molecule has 1 rings (SSSR count). The van der Waals surface area contributed by atoms with Gasteiger partial charge in [0.05, 0.1) is 11.4 Å². The highest BCUT2D eigenvalue weighted by Gasteiger charge is 2.40. The summed E-state index contributed by atoms with van der Waals surface area (Å²) in [6.45, 7) is 4.29.